The SMILES string of the molecule is C=CC(=O)C(OCC)N1CC[C@@H](Nc2cnc3[nH]cc(C(=O)NCCOC)c3n2)C1. The Morgan fingerprint density at radius 2 is 2.33 bits per heavy atom. The zero-order chi connectivity index (χ0) is 21.5. The molecule has 3 rings (SSSR count). The molecule has 0 spiro atoms. The molecular weight excluding hydrogens is 388 g/mol. The third-order valence-corrected chi connectivity index (χ3v) is 4.89. The zero-order valence-corrected chi connectivity index (χ0v) is 17.3. The van der Waals surface area contributed by atoms with Crippen molar-refractivity contribution >= 4 is 28.7 Å². The lowest BCUT2D eigenvalue weighted by Crippen LogP contribution is -2.42. The largest absolute Gasteiger partial charge is 0.383 e. The highest BCUT2D eigenvalue weighted by Crippen LogP contribution is 2.20. The first kappa shape index (κ1) is 21.9. The lowest BCUT2D eigenvalue weighted by Gasteiger charge is -2.25. The van der Waals surface area contributed by atoms with Gasteiger partial charge in [0.05, 0.1) is 18.4 Å². The highest BCUT2D eigenvalue weighted by Gasteiger charge is 2.32. The minimum absolute atomic E-state index is 0.0789. The van der Waals surface area contributed by atoms with Crippen LogP contribution < -0.4 is 10.6 Å². The zero-order valence-electron chi connectivity index (χ0n) is 17.3. The molecule has 0 aliphatic carbocycles. The molecule has 3 heterocycles. The third-order valence-electron chi connectivity index (χ3n) is 4.89. The Labute approximate surface area is 175 Å². The molecule has 1 aliphatic rings. The van der Waals surface area contributed by atoms with Gasteiger partial charge in [0.2, 0.25) is 0 Å². The van der Waals surface area contributed by atoms with Crippen LogP contribution in [0.4, 0.5) is 5.82 Å². The summed E-state index contributed by atoms with van der Waals surface area (Å²) in [5.74, 6) is 0.192. The van der Waals surface area contributed by atoms with Crippen molar-refractivity contribution in [3.8, 4) is 0 Å². The minimum Gasteiger partial charge on any atom is -0.383 e. The summed E-state index contributed by atoms with van der Waals surface area (Å²) in [4.78, 5) is 38.4. The van der Waals surface area contributed by atoms with Crippen molar-refractivity contribution in [2.45, 2.75) is 25.6 Å². The van der Waals surface area contributed by atoms with Gasteiger partial charge in [0.15, 0.2) is 17.7 Å². The maximum atomic E-state index is 12.4. The number of anilines is 1. The highest BCUT2D eigenvalue weighted by atomic mass is 16.5. The van der Waals surface area contributed by atoms with E-state index in [1.165, 1.54) is 6.08 Å². The molecule has 0 saturated carbocycles. The van der Waals surface area contributed by atoms with Crippen LogP contribution in [0.3, 0.4) is 0 Å². The van der Waals surface area contributed by atoms with E-state index in [4.69, 9.17) is 9.47 Å². The van der Waals surface area contributed by atoms with Crippen LogP contribution in [0.15, 0.2) is 25.0 Å². The number of carbonyl (C=O) groups is 2. The predicted octanol–water partition coefficient (Wildman–Crippen LogP) is 0.938. The van der Waals surface area contributed by atoms with Crippen molar-refractivity contribution in [1.29, 1.82) is 0 Å². The second-order valence-electron chi connectivity index (χ2n) is 6.94. The standard InChI is InChI=1S/C20H28N6O4/c1-4-15(27)20(30-5-2)26-8-6-13(12-26)24-16-11-23-18-17(25-16)14(10-22-18)19(28)21-7-9-29-3/h4,10-11,13,20H,1,5-9,12H2,2-3H3,(H,21,28)(H,22,23)(H,24,25)/t13-,20?/m1/s1. The summed E-state index contributed by atoms with van der Waals surface area (Å²) in [5.41, 5.74) is 1.47. The number of aromatic amines is 1. The van der Waals surface area contributed by atoms with E-state index in [-0.39, 0.29) is 17.7 Å². The number of hydrogen-bond acceptors (Lipinski definition) is 8. The van der Waals surface area contributed by atoms with Gasteiger partial charge in [-0.2, -0.15) is 0 Å². The fraction of sp³-hybridized carbons (Fsp3) is 0.500. The van der Waals surface area contributed by atoms with Crippen molar-refractivity contribution in [1.82, 2.24) is 25.2 Å². The number of fused-ring (bicyclic) bond motifs is 1. The molecule has 1 unspecified atom stereocenters. The van der Waals surface area contributed by atoms with Crippen LogP contribution in [0.2, 0.25) is 0 Å². The van der Waals surface area contributed by atoms with Crippen LogP contribution in [-0.4, -0.2) is 83.8 Å². The van der Waals surface area contributed by atoms with E-state index < -0.39 is 6.23 Å². The van der Waals surface area contributed by atoms with Crippen LogP contribution in [0.5, 0.6) is 0 Å². The van der Waals surface area contributed by atoms with Gasteiger partial charge in [0.25, 0.3) is 5.91 Å². The Balaban J connectivity index is 1.67. The Kier molecular flexibility index (Phi) is 7.50. The fourth-order valence-electron chi connectivity index (χ4n) is 3.45. The molecule has 1 aliphatic heterocycles. The number of H-pyrrole nitrogens is 1. The van der Waals surface area contributed by atoms with E-state index in [9.17, 15) is 9.59 Å². The second kappa shape index (κ2) is 10.3. The normalized spacial score (nSPS) is 17.7. The summed E-state index contributed by atoms with van der Waals surface area (Å²) in [5, 5.41) is 6.14. The summed E-state index contributed by atoms with van der Waals surface area (Å²) < 4.78 is 10.6. The molecule has 1 saturated heterocycles. The van der Waals surface area contributed by atoms with Gasteiger partial charge in [-0.1, -0.05) is 6.58 Å². The molecule has 2 atom stereocenters. The van der Waals surface area contributed by atoms with E-state index in [0.29, 0.717) is 48.8 Å². The van der Waals surface area contributed by atoms with Gasteiger partial charge >= 0.3 is 0 Å². The number of aromatic nitrogens is 3. The van der Waals surface area contributed by atoms with E-state index in [1.807, 2.05) is 11.8 Å². The summed E-state index contributed by atoms with van der Waals surface area (Å²) in [6.07, 6.45) is 4.74. The number of ether oxygens (including phenoxy) is 2. The quantitative estimate of drug-likeness (QED) is 0.365. The number of likely N-dealkylation sites (tertiary alicyclic amines) is 1. The Morgan fingerprint density at radius 1 is 1.50 bits per heavy atom. The molecule has 1 fully saturated rings. The van der Waals surface area contributed by atoms with Crippen LogP contribution in [0.25, 0.3) is 11.2 Å². The maximum absolute atomic E-state index is 12.4. The first-order valence-electron chi connectivity index (χ1n) is 9.97. The first-order valence-corrected chi connectivity index (χ1v) is 9.97. The Bertz CT molecular complexity index is 899. The van der Waals surface area contributed by atoms with Crippen LogP contribution in [0, 0.1) is 0 Å². The monoisotopic (exact) mass is 416 g/mol. The molecule has 2 aromatic rings. The number of carbonyl (C=O) groups excluding carboxylic acids is 2. The molecule has 0 radical (unpaired) electrons. The van der Waals surface area contributed by atoms with Gasteiger partial charge in [0.1, 0.15) is 11.3 Å². The van der Waals surface area contributed by atoms with Gasteiger partial charge < -0.3 is 25.1 Å². The lowest BCUT2D eigenvalue weighted by atomic mass is 10.2. The predicted molar refractivity (Wildman–Crippen MR) is 112 cm³/mol. The smallest absolute Gasteiger partial charge is 0.255 e. The van der Waals surface area contributed by atoms with Gasteiger partial charge in [-0.05, 0) is 19.4 Å². The van der Waals surface area contributed by atoms with Crippen molar-refractivity contribution in [3.05, 3.63) is 30.6 Å². The molecule has 162 valence electrons. The molecule has 30 heavy (non-hydrogen) atoms. The average molecular weight is 416 g/mol. The average Bonchev–Trinajstić information content (AvgIpc) is 3.38. The maximum Gasteiger partial charge on any atom is 0.255 e. The van der Waals surface area contributed by atoms with Crippen molar-refractivity contribution in [3.63, 3.8) is 0 Å². The third kappa shape index (κ3) is 5.02. The number of ketones is 1. The Hall–Kier alpha value is -2.82. The number of hydrogen-bond donors (Lipinski definition) is 3. The Morgan fingerprint density at radius 3 is 3.07 bits per heavy atom. The summed E-state index contributed by atoms with van der Waals surface area (Å²) in [6.45, 7) is 8.06. The van der Waals surface area contributed by atoms with Crippen molar-refractivity contribution < 1.29 is 19.1 Å². The molecular formula is C20H28N6O4. The molecule has 1 amide bonds. The molecule has 0 bridgehead atoms. The topological polar surface area (TPSA) is 121 Å². The van der Waals surface area contributed by atoms with Crippen LogP contribution in [-0.2, 0) is 14.3 Å². The number of nitrogens with zero attached hydrogens (tertiary/aromatic N) is 3. The van der Waals surface area contributed by atoms with Gasteiger partial charge in [0, 0.05) is 45.6 Å². The summed E-state index contributed by atoms with van der Waals surface area (Å²) in [7, 11) is 1.58. The number of nitrogens with one attached hydrogen (secondary N) is 3. The molecule has 10 heteroatoms. The van der Waals surface area contributed by atoms with Crippen molar-refractivity contribution in [2.75, 3.05) is 45.3 Å². The fourth-order valence-corrected chi connectivity index (χ4v) is 3.45. The first-order chi connectivity index (χ1) is 14.6. The number of methoxy groups -OCH3 is 1. The van der Waals surface area contributed by atoms with Gasteiger partial charge in [-0.3, -0.25) is 14.5 Å². The number of rotatable bonds is 11. The van der Waals surface area contributed by atoms with E-state index in [2.05, 4.69) is 32.2 Å². The second-order valence-corrected chi connectivity index (χ2v) is 6.94. The van der Waals surface area contributed by atoms with Crippen LogP contribution >= 0.6 is 0 Å². The van der Waals surface area contributed by atoms with E-state index in [0.717, 1.165) is 13.0 Å². The molecule has 2 aromatic heterocycles. The number of amides is 1. The van der Waals surface area contributed by atoms with Gasteiger partial charge in [-0.15, -0.1) is 0 Å². The molecule has 3 N–H and O–H groups in total. The van der Waals surface area contributed by atoms with Crippen molar-refractivity contribution in [2.24, 2.45) is 0 Å². The summed E-state index contributed by atoms with van der Waals surface area (Å²) >= 11 is 0. The molecule has 10 nitrogen and oxygen atoms in total. The van der Waals surface area contributed by atoms with Crippen LogP contribution in [0.1, 0.15) is 23.7 Å². The van der Waals surface area contributed by atoms with E-state index in [1.54, 1.807) is 19.5 Å². The highest BCUT2D eigenvalue weighted by molar-refractivity contribution is 6.04. The minimum atomic E-state index is -0.611. The van der Waals surface area contributed by atoms with E-state index >= 15 is 0 Å². The lowest BCUT2D eigenvalue weighted by molar-refractivity contribution is -0.137. The molecule has 0 aromatic carbocycles. The van der Waals surface area contributed by atoms with Gasteiger partial charge in [-0.25, -0.2) is 9.97 Å². The summed E-state index contributed by atoms with van der Waals surface area (Å²) in [6, 6.07) is 0.0789.